The average molecular weight is 495 g/mol. The lowest BCUT2D eigenvalue weighted by Crippen LogP contribution is -2.15. The molecule has 0 saturated carbocycles. The maximum Gasteiger partial charge on any atom is 0.252 e. The van der Waals surface area contributed by atoms with Crippen LogP contribution in [0.1, 0.15) is 10.4 Å². The highest BCUT2D eigenvalue weighted by atomic mass is 35.5. The summed E-state index contributed by atoms with van der Waals surface area (Å²) in [5.41, 5.74) is 0.214. The monoisotopic (exact) mass is 494 g/mol. The van der Waals surface area contributed by atoms with Gasteiger partial charge in [-0.1, -0.05) is 0 Å². The molecule has 190 valence electrons. The minimum atomic E-state index is -0.646. The summed E-state index contributed by atoms with van der Waals surface area (Å²) in [5, 5.41) is -0.646. The lowest BCUT2D eigenvalue weighted by atomic mass is 10.2. The minimum Gasteiger partial charge on any atom is -0.487 e. The molecule has 0 saturated heterocycles. The van der Waals surface area contributed by atoms with Crippen LogP contribution in [0.5, 0.6) is 17.2 Å². The number of methoxy groups -OCH3 is 3. The summed E-state index contributed by atoms with van der Waals surface area (Å²) >= 11 is 5.71. The van der Waals surface area contributed by atoms with Crippen molar-refractivity contribution in [3.8, 4) is 17.2 Å². The topological polar surface area (TPSA) is 100 Å². The quantitative estimate of drug-likeness (QED) is 0.176. The minimum absolute atomic E-state index is 0.214. The van der Waals surface area contributed by atoms with Gasteiger partial charge in [-0.2, -0.15) is 0 Å². The Morgan fingerprint density at radius 1 is 0.606 bits per heavy atom. The third kappa shape index (κ3) is 13.6. The van der Waals surface area contributed by atoms with Gasteiger partial charge >= 0.3 is 0 Å². The van der Waals surface area contributed by atoms with E-state index in [2.05, 4.69) is 0 Å². The van der Waals surface area contributed by atoms with E-state index in [4.69, 9.17) is 54.2 Å². The Hall–Kier alpha value is -1.66. The number of ether oxygens (including phenoxy) is 9. The van der Waals surface area contributed by atoms with Crippen molar-refractivity contribution in [2.75, 3.05) is 101 Å². The molecule has 1 aromatic rings. The largest absolute Gasteiger partial charge is 0.487 e. The molecule has 0 spiro atoms. The van der Waals surface area contributed by atoms with Gasteiger partial charge in [-0.25, -0.2) is 0 Å². The Kier molecular flexibility index (Phi) is 17.6. The molecular weight excluding hydrogens is 460 g/mol. The maximum absolute atomic E-state index is 11.8. The number of carbonyl (C=O) groups is 1. The average Bonchev–Trinajstić information content (AvgIpc) is 2.81. The number of hydrogen-bond acceptors (Lipinski definition) is 10. The van der Waals surface area contributed by atoms with E-state index in [9.17, 15) is 4.79 Å². The molecule has 1 rings (SSSR count). The fraction of sp³-hybridized carbons (Fsp3) is 0.682. The van der Waals surface area contributed by atoms with Crippen LogP contribution in [-0.2, 0) is 28.4 Å². The van der Waals surface area contributed by atoms with Crippen LogP contribution < -0.4 is 14.2 Å². The van der Waals surface area contributed by atoms with Crippen molar-refractivity contribution in [1.82, 2.24) is 0 Å². The Balaban J connectivity index is 2.84. The first-order chi connectivity index (χ1) is 16.1. The van der Waals surface area contributed by atoms with Crippen molar-refractivity contribution in [3.63, 3.8) is 0 Å². The molecule has 10 nitrogen and oxygen atoms in total. The van der Waals surface area contributed by atoms with Crippen LogP contribution in [0.15, 0.2) is 12.1 Å². The van der Waals surface area contributed by atoms with Crippen LogP contribution in [0, 0.1) is 0 Å². The molecule has 0 radical (unpaired) electrons. The van der Waals surface area contributed by atoms with Crippen molar-refractivity contribution < 1.29 is 47.4 Å². The van der Waals surface area contributed by atoms with Gasteiger partial charge in [0.25, 0.3) is 5.24 Å². The zero-order chi connectivity index (χ0) is 24.2. The van der Waals surface area contributed by atoms with Gasteiger partial charge in [0.15, 0.2) is 11.5 Å². The standard InChI is InChI=1S/C22H35ClO10/c1-25-4-7-28-10-13-31-19-16-18(22(23)24)17-20(32-14-11-29-8-5-26-2)21(19)33-15-12-30-9-6-27-3/h16-17H,4-15H2,1-3H3. The second kappa shape index (κ2) is 19.8. The van der Waals surface area contributed by atoms with Crippen molar-refractivity contribution in [2.24, 2.45) is 0 Å². The smallest absolute Gasteiger partial charge is 0.252 e. The lowest BCUT2D eigenvalue weighted by Gasteiger charge is -2.18. The van der Waals surface area contributed by atoms with E-state index in [0.717, 1.165) is 0 Å². The van der Waals surface area contributed by atoms with Crippen LogP contribution in [0.4, 0.5) is 0 Å². The predicted octanol–water partition coefficient (Wildman–Crippen LogP) is 2.19. The lowest BCUT2D eigenvalue weighted by molar-refractivity contribution is 0.0468. The highest BCUT2D eigenvalue weighted by molar-refractivity contribution is 6.67. The first kappa shape index (κ1) is 29.4. The maximum atomic E-state index is 11.8. The summed E-state index contributed by atoms with van der Waals surface area (Å²) in [7, 11) is 4.80. The van der Waals surface area contributed by atoms with E-state index < -0.39 is 5.24 Å². The van der Waals surface area contributed by atoms with Gasteiger partial charge < -0.3 is 42.6 Å². The first-order valence-corrected chi connectivity index (χ1v) is 11.0. The van der Waals surface area contributed by atoms with E-state index in [1.54, 1.807) is 21.3 Å². The molecule has 11 heteroatoms. The fourth-order valence-electron chi connectivity index (χ4n) is 2.40. The molecule has 0 aliphatic rings. The van der Waals surface area contributed by atoms with E-state index in [1.807, 2.05) is 0 Å². The Morgan fingerprint density at radius 3 is 1.33 bits per heavy atom. The summed E-state index contributed by atoms with van der Waals surface area (Å²) in [6.07, 6.45) is 0. The molecule has 0 amide bonds. The molecule has 0 heterocycles. The molecule has 0 aliphatic carbocycles. The predicted molar refractivity (Wildman–Crippen MR) is 121 cm³/mol. The number of carbonyl (C=O) groups excluding carboxylic acids is 1. The second-order valence-corrected chi connectivity index (χ2v) is 6.78. The molecule has 0 unspecified atom stereocenters. The highest BCUT2D eigenvalue weighted by Crippen LogP contribution is 2.39. The van der Waals surface area contributed by atoms with Gasteiger partial charge in [-0.15, -0.1) is 0 Å². The van der Waals surface area contributed by atoms with E-state index in [-0.39, 0.29) is 25.4 Å². The Bertz CT molecular complexity index is 607. The summed E-state index contributed by atoms with van der Waals surface area (Å²) in [5.74, 6) is 0.953. The van der Waals surface area contributed by atoms with Crippen LogP contribution in [0.3, 0.4) is 0 Å². The summed E-state index contributed by atoms with van der Waals surface area (Å²) < 4.78 is 48.6. The van der Waals surface area contributed by atoms with Crippen molar-refractivity contribution in [1.29, 1.82) is 0 Å². The van der Waals surface area contributed by atoms with Gasteiger partial charge in [0, 0.05) is 26.9 Å². The van der Waals surface area contributed by atoms with Crippen LogP contribution in [0.25, 0.3) is 0 Å². The number of rotatable bonds is 22. The molecule has 33 heavy (non-hydrogen) atoms. The molecule has 0 N–H and O–H groups in total. The van der Waals surface area contributed by atoms with Gasteiger partial charge in [-0.05, 0) is 23.7 Å². The molecule has 1 aromatic carbocycles. The van der Waals surface area contributed by atoms with Gasteiger partial charge in [0.2, 0.25) is 5.75 Å². The van der Waals surface area contributed by atoms with Crippen molar-refractivity contribution in [2.45, 2.75) is 0 Å². The summed E-state index contributed by atoms with van der Waals surface area (Å²) in [6.45, 7) is 4.46. The number of halogens is 1. The highest BCUT2D eigenvalue weighted by Gasteiger charge is 2.18. The fourth-order valence-corrected chi connectivity index (χ4v) is 2.51. The van der Waals surface area contributed by atoms with E-state index in [0.29, 0.717) is 76.7 Å². The van der Waals surface area contributed by atoms with Crippen LogP contribution >= 0.6 is 11.6 Å². The normalized spacial score (nSPS) is 10.9. The van der Waals surface area contributed by atoms with E-state index >= 15 is 0 Å². The summed E-state index contributed by atoms with van der Waals surface area (Å²) in [6, 6.07) is 3.01. The third-order valence-corrected chi connectivity index (χ3v) is 4.21. The molecule has 0 atom stereocenters. The van der Waals surface area contributed by atoms with E-state index in [1.165, 1.54) is 12.1 Å². The van der Waals surface area contributed by atoms with Crippen LogP contribution in [-0.4, -0.2) is 106 Å². The SMILES string of the molecule is COCCOCCOc1cc(C(=O)Cl)cc(OCCOCCOC)c1OCCOCCOC. The molecule has 0 aliphatic heterocycles. The Labute approximate surface area is 200 Å². The summed E-state index contributed by atoms with van der Waals surface area (Å²) in [4.78, 5) is 11.8. The zero-order valence-electron chi connectivity index (χ0n) is 19.6. The van der Waals surface area contributed by atoms with Crippen LogP contribution in [0.2, 0.25) is 0 Å². The van der Waals surface area contributed by atoms with Gasteiger partial charge in [0.05, 0.1) is 59.5 Å². The Morgan fingerprint density at radius 2 is 0.970 bits per heavy atom. The van der Waals surface area contributed by atoms with Crippen molar-refractivity contribution >= 4 is 16.8 Å². The molecule has 0 fully saturated rings. The zero-order valence-corrected chi connectivity index (χ0v) is 20.4. The number of benzene rings is 1. The molecule has 0 aromatic heterocycles. The molecular formula is C22H35ClO10. The first-order valence-electron chi connectivity index (χ1n) is 10.6. The third-order valence-electron chi connectivity index (χ3n) is 3.99. The van der Waals surface area contributed by atoms with Gasteiger partial charge in [-0.3, -0.25) is 4.79 Å². The molecule has 0 bridgehead atoms. The number of hydrogen-bond donors (Lipinski definition) is 0. The van der Waals surface area contributed by atoms with Gasteiger partial charge in [0.1, 0.15) is 19.8 Å². The second-order valence-electron chi connectivity index (χ2n) is 6.44. The van der Waals surface area contributed by atoms with Crippen molar-refractivity contribution in [3.05, 3.63) is 17.7 Å².